The average molecular weight is 184 g/mol. The van der Waals surface area contributed by atoms with Crippen molar-refractivity contribution in [3.63, 3.8) is 0 Å². The molecule has 1 rings (SSSR count). The zero-order valence-corrected chi connectivity index (χ0v) is 9.48. The van der Waals surface area contributed by atoms with Crippen LogP contribution < -0.4 is 4.90 Å². The highest BCUT2D eigenvalue weighted by molar-refractivity contribution is 5.83. The summed E-state index contributed by atoms with van der Waals surface area (Å²) in [6.07, 6.45) is 0.779. The molecule has 0 bridgehead atoms. The second kappa shape index (κ2) is 3.41. The molecule has 1 saturated heterocycles. The van der Waals surface area contributed by atoms with Gasteiger partial charge in [0.1, 0.15) is 6.04 Å². The normalized spacial score (nSPS) is 36.4. The molecule has 0 aromatic rings. The number of likely N-dealkylation sites (tertiary alicyclic amines) is 1. The van der Waals surface area contributed by atoms with Crippen molar-refractivity contribution in [2.45, 2.75) is 52.6 Å². The van der Waals surface area contributed by atoms with Gasteiger partial charge < -0.3 is 4.90 Å². The van der Waals surface area contributed by atoms with Crippen molar-refractivity contribution in [3.8, 4) is 0 Å². The summed E-state index contributed by atoms with van der Waals surface area (Å²) in [7, 11) is 0. The molecule has 76 valence electrons. The lowest BCUT2D eigenvalue weighted by Crippen LogP contribution is -3.24. The van der Waals surface area contributed by atoms with Gasteiger partial charge in [0.15, 0.2) is 5.78 Å². The van der Waals surface area contributed by atoms with Crippen LogP contribution in [-0.4, -0.2) is 23.9 Å². The fraction of sp³-hybridized carbons (Fsp3) is 0.909. The van der Waals surface area contributed by atoms with Crippen molar-refractivity contribution in [2.24, 2.45) is 5.92 Å². The number of quaternary nitrogens is 1. The van der Waals surface area contributed by atoms with Gasteiger partial charge in [0, 0.05) is 12.3 Å². The molecule has 0 radical (unpaired) electrons. The van der Waals surface area contributed by atoms with E-state index in [4.69, 9.17) is 0 Å². The Hall–Kier alpha value is -0.370. The van der Waals surface area contributed by atoms with E-state index in [1.54, 1.807) is 0 Å². The molecule has 0 amide bonds. The quantitative estimate of drug-likeness (QED) is 0.587. The van der Waals surface area contributed by atoms with E-state index in [0.29, 0.717) is 11.7 Å². The molecule has 0 saturated carbocycles. The molecule has 1 heterocycles. The zero-order chi connectivity index (χ0) is 10.2. The van der Waals surface area contributed by atoms with Gasteiger partial charge in [0.05, 0.1) is 12.1 Å². The third kappa shape index (κ3) is 2.31. The van der Waals surface area contributed by atoms with Gasteiger partial charge in [-0.1, -0.05) is 6.92 Å². The number of piperidine rings is 1. The Kier molecular flexibility index (Phi) is 2.81. The summed E-state index contributed by atoms with van der Waals surface area (Å²) in [6.45, 7) is 12.0. The van der Waals surface area contributed by atoms with Gasteiger partial charge >= 0.3 is 0 Å². The van der Waals surface area contributed by atoms with Crippen LogP contribution in [0.25, 0.3) is 0 Å². The van der Waals surface area contributed by atoms with Crippen LogP contribution >= 0.6 is 0 Å². The molecule has 1 unspecified atom stereocenters. The van der Waals surface area contributed by atoms with Gasteiger partial charge in [-0.05, 0) is 27.7 Å². The Morgan fingerprint density at radius 3 is 2.31 bits per heavy atom. The van der Waals surface area contributed by atoms with E-state index in [-0.39, 0.29) is 11.6 Å². The highest BCUT2D eigenvalue weighted by Gasteiger charge is 2.39. The second-order valence-corrected chi connectivity index (χ2v) is 5.48. The van der Waals surface area contributed by atoms with Crippen molar-refractivity contribution in [3.05, 3.63) is 0 Å². The molecule has 1 aliphatic heterocycles. The molecule has 0 aliphatic carbocycles. The monoisotopic (exact) mass is 184 g/mol. The number of carbonyl (C=O) groups excluding carboxylic acids is 1. The molecule has 2 nitrogen and oxygen atoms in total. The van der Waals surface area contributed by atoms with Crippen LogP contribution in [0.5, 0.6) is 0 Å². The number of carbonyl (C=O) groups is 1. The molecular formula is C11H22NO+. The van der Waals surface area contributed by atoms with E-state index in [2.05, 4.69) is 34.6 Å². The average Bonchev–Trinajstić information content (AvgIpc) is 1.94. The summed E-state index contributed by atoms with van der Waals surface area (Å²) in [5.74, 6) is 0.988. The first-order valence-corrected chi connectivity index (χ1v) is 5.21. The topological polar surface area (TPSA) is 21.5 Å². The fourth-order valence-electron chi connectivity index (χ4n) is 2.29. The molecule has 0 aromatic carbocycles. The largest absolute Gasteiger partial charge is 0.322 e. The third-order valence-electron chi connectivity index (χ3n) is 3.09. The van der Waals surface area contributed by atoms with Gasteiger partial charge in [-0.15, -0.1) is 0 Å². The minimum Gasteiger partial charge on any atom is -0.322 e. The maximum atomic E-state index is 11.6. The number of ketones is 1. The van der Waals surface area contributed by atoms with Crippen LogP contribution in [0.15, 0.2) is 0 Å². The first kappa shape index (κ1) is 10.7. The van der Waals surface area contributed by atoms with E-state index in [0.717, 1.165) is 13.0 Å². The van der Waals surface area contributed by atoms with Crippen LogP contribution in [0, 0.1) is 5.92 Å². The highest BCUT2D eigenvalue weighted by atomic mass is 16.1. The zero-order valence-electron chi connectivity index (χ0n) is 9.48. The molecule has 0 spiro atoms. The second-order valence-electron chi connectivity index (χ2n) is 5.48. The van der Waals surface area contributed by atoms with Crippen LogP contribution in [0.1, 0.15) is 41.0 Å². The summed E-state index contributed by atoms with van der Waals surface area (Å²) in [4.78, 5) is 13.1. The smallest absolute Gasteiger partial charge is 0.190 e. The van der Waals surface area contributed by atoms with E-state index in [9.17, 15) is 4.79 Å². The highest BCUT2D eigenvalue weighted by Crippen LogP contribution is 2.09. The summed E-state index contributed by atoms with van der Waals surface area (Å²) in [6, 6.07) is 0.191. The minimum absolute atomic E-state index is 0.191. The van der Waals surface area contributed by atoms with Crippen molar-refractivity contribution in [2.75, 3.05) is 6.54 Å². The van der Waals surface area contributed by atoms with Crippen molar-refractivity contribution >= 4 is 5.78 Å². The summed E-state index contributed by atoms with van der Waals surface area (Å²) >= 11 is 0. The van der Waals surface area contributed by atoms with Gasteiger partial charge in [0.25, 0.3) is 0 Å². The number of hydrogen-bond acceptors (Lipinski definition) is 1. The lowest BCUT2D eigenvalue weighted by atomic mass is 9.89. The fourth-order valence-corrected chi connectivity index (χ4v) is 2.29. The van der Waals surface area contributed by atoms with E-state index >= 15 is 0 Å². The van der Waals surface area contributed by atoms with E-state index < -0.39 is 0 Å². The van der Waals surface area contributed by atoms with Crippen molar-refractivity contribution in [1.29, 1.82) is 0 Å². The molecule has 1 aliphatic rings. The maximum Gasteiger partial charge on any atom is 0.190 e. The number of nitrogens with one attached hydrogen (secondary N) is 1. The number of hydrogen-bond donors (Lipinski definition) is 1. The van der Waals surface area contributed by atoms with Gasteiger partial charge in [-0.3, -0.25) is 4.79 Å². The summed E-state index contributed by atoms with van der Waals surface area (Å²) < 4.78 is 0. The van der Waals surface area contributed by atoms with E-state index in [1.165, 1.54) is 4.90 Å². The Balaban J connectivity index is 2.78. The first-order valence-electron chi connectivity index (χ1n) is 5.21. The standard InChI is InChI=1S/C11H21NO/c1-8-6-10(13)9(2)12(7-8)11(3,4)5/h8-9H,6-7H2,1-5H3/p+1/t8-,9+/m0/s1. The maximum absolute atomic E-state index is 11.6. The lowest BCUT2D eigenvalue weighted by molar-refractivity contribution is -0.965. The van der Waals surface area contributed by atoms with Crippen LogP contribution in [-0.2, 0) is 4.79 Å². The Bertz CT molecular complexity index is 205. The SMILES string of the molecule is C[C@H]1CC(=O)[C@@H](C)[NH+](C(C)(C)C)C1. The summed E-state index contributed by atoms with van der Waals surface area (Å²) in [5, 5.41) is 0. The van der Waals surface area contributed by atoms with Crippen molar-refractivity contribution < 1.29 is 9.69 Å². The third-order valence-corrected chi connectivity index (χ3v) is 3.09. The lowest BCUT2D eigenvalue weighted by Gasteiger charge is -2.41. The number of Topliss-reactive ketones (excluding diaryl/α,β-unsaturated/α-hetero) is 1. The first-order chi connectivity index (χ1) is 5.82. The molecule has 13 heavy (non-hydrogen) atoms. The number of rotatable bonds is 0. The predicted molar refractivity (Wildman–Crippen MR) is 53.8 cm³/mol. The van der Waals surface area contributed by atoms with E-state index in [1.807, 2.05) is 0 Å². The molecule has 1 N–H and O–H groups in total. The molecule has 0 aromatic heterocycles. The van der Waals surface area contributed by atoms with Gasteiger partial charge in [-0.2, -0.15) is 0 Å². The van der Waals surface area contributed by atoms with Gasteiger partial charge in [0.2, 0.25) is 0 Å². The molecule has 1 fully saturated rings. The van der Waals surface area contributed by atoms with Crippen LogP contribution in [0.3, 0.4) is 0 Å². The molecular weight excluding hydrogens is 162 g/mol. The van der Waals surface area contributed by atoms with Crippen molar-refractivity contribution in [1.82, 2.24) is 0 Å². The van der Waals surface area contributed by atoms with Crippen LogP contribution in [0.4, 0.5) is 0 Å². The van der Waals surface area contributed by atoms with Gasteiger partial charge in [-0.25, -0.2) is 0 Å². The van der Waals surface area contributed by atoms with Crippen LogP contribution in [0.2, 0.25) is 0 Å². The Labute approximate surface area is 81.3 Å². The predicted octanol–water partition coefficient (Wildman–Crippen LogP) is 0.667. The minimum atomic E-state index is 0.191. The molecule has 2 heteroatoms. The Morgan fingerprint density at radius 1 is 1.31 bits per heavy atom. The Morgan fingerprint density at radius 2 is 1.85 bits per heavy atom. The summed E-state index contributed by atoms with van der Waals surface area (Å²) in [5.41, 5.74) is 0.198. The molecule has 3 atom stereocenters.